The number of carbonyl (C=O) groups is 3. The van der Waals surface area contributed by atoms with Gasteiger partial charge < -0.3 is 34.9 Å². The average Bonchev–Trinajstić information content (AvgIpc) is 3.95. The summed E-state index contributed by atoms with van der Waals surface area (Å²) in [5.74, 6) is -0.795. The van der Waals surface area contributed by atoms with Crippen LogP contribution in [0.4, 0.5) is 4.79 Å². The van der Waals surface area contributed by atoms with Gasteiger partial charge in [0.05, 0.1) is 29.8 Å². The first-order valence-corrected chi connectivity index (χ1v) is 18.4. The number of methoxy groups -OCH3 is 1. The Hall–Kier alpha value is -3.95. The van der Waals surface area contributed by atoms with Crippen LogP contribution in [-0.4, -0.2) is 95.8 Å². The molecule has 0 spiro atoms. The van der Waals surface area contributed by atoms with Gasteiger partial charge in [0.25, 0.3) is 0 Å². The molecule has 15 heteroatoms. The quantitative estimate of drug-likeness (QED) is 0.188. The molecule has 1 saturated heterocycles. The second-order valence-electron chi connectivity index (χ2n) is 15.4. The van der Waals surface area contributed by atoms with E-state index < -0.39 is 80.1 Å². The molecule has 274 valence electrons. The number of aliphatic hydroxyl groups is 1. The molecule has 0 bridgehead atoms. The van der Waals surface area contributed by atoms with Crippen molar-refractivity contribution >= 4 is 38.7 Å². The summed E-state index contributed by atoms with van der Waals surface area (Å²) in [6.07, 6.45) is 1.28. The molecule has 2 aromatic rings. The van der Waals surface area contributed by atoms with Gasteiger partial charge in [0.15, 0.2) is 0 Å². The van der Waals surface area contributed by atoms with Gasteiger partial charge in [-0.15, -0.1) is 6.58 Å². The second kappa shape index (κ2) is 13.6. The summed E-state index contributed by atoms with van der Waals surface area (Å²) < 4.78 is 45.2. The normalized spacial score (nSPS) is 25.0. The van der Waals surface area contributed by atoms with Crippen molar-refractivity contribution in [3.05, 3.63) is 43.1 Å². The van der Waals surface area contributed by atoms with E-state index >= 15 is 0 Å². The molecular weight excluding hydrogens is 666 g/mol. The molecule has 1 aromatic carbocycles. The number of hydrogen-bond acceptors (Lipinski definition) is 10. The number of pyridine rings is 1. The van der Waals surface area contributed by atoms with Crippen LogP contribution in [0.2, 0.25) is 0 Å². The summed E-state index contributed by atoms with van der Waals surface area (Å²) in [6.45, 7) is 14.3. The zero-order chi connectivity index (χ0) is 36.8. The van der Waals surface area contributed by atoms with Gasteiger partial charge in [0.1, 0.15) is 35.8 Å². The fraction of sp³-hybridized carbons (Fsp3) is 0.600. The van der Waals surface area contributed by atoms with Gasteiger partial charge in [0, 0.05) is 18.5 Å². The van der Waals surface area contributed by atoms with Crippen LogP contribution < -0.4 is 24.8 Å². The molecule has 2 aliphatic carbocycles. The predicted octanol–water partition coefficient (Wildman–Crippen LogP) is 2.99. The van der Waals surface area contributed by atoms with Crippen molar-refractivity contribution in [2.24, 2.45) is 11.3 Å². The van der Waals surface area contributed by atoms with Crippen molar-refractivity contribution in [2.75, 3.05) is 13.7 Å². The number of aromatic nitrogens is 1. The number of aliphatic hydroxyl groups excluding tert-OH is 1. The highest BCUT2D eigenvalue weighted by Gasteiger charge is 2.61. The van der Waals surface area contributed by atoms with Gasteiger partial charge in [-0.25, -0.2) is 18.2 Å². The summed E-state index contributed by atoms with van der Waals surface area (Å²) in [5.41, 5.74) is -2.99. The summed E-state index contributed by atoms with van der Waals surface area (Å²) >= 11 is 0. The molecule has 2 saturated carbocycles. The van der Waals surface area contributed by atoms with Gasteiger partial charge >= 0.3 is 6.09 Å². The van der Waals surface area contributed by atoms with Crippen molar-refractivity contribution in [3.63, 3.8) is 0 Å². The molecule has 5 rings (SSSR count). The van der Waals surface area contributed by atoms with E-state index in [0.717, 1.165) is 5.39 Å². The van der Waals surface area contributed by atoms with E-state index in [-0.39, 0.29) is 25.3 Å². The van der Waals surface area contributed by atoms with Crippen LogP contribution in [0.1, 0.15) is 67.2 Å². The van der Waals surface area contributed by atoms with Gasteiger partial charge in [-0.2, -0.15) is 4.72 Å². The minimum absolute atomic E-state index is 0.0345. The first kappa shape index (κ1) is 37.3. The average molecular weight is 716 g/mol. The van der Waals surface area contributed by atoms with E-state index in [9.17, 15) is 27.9 Å². The number of fused-ring (bicyclic) bond motifs is 1. The number of carbonyl (C=O) groups excluding carboxylic acids is 3. The Morgan fingerprint density at radius 3 is 2.42 bits per heavy atom. The Morgan fingerprint density at radius 1 is 1.14 bits per heavy atom. The molecule has 3 amide bonds. The maximum absolute atomic E-state index is 14.5. The minimum atomic E-state index is -3.80. The summed E-state index contributed by atoms with van der Waals surface area (Å²) in [5, 5.41) is 17.6. The number of alkyl carbamates (subject to hydrolysis) is 1. The highest BCUT2D eigenvalue weighted by Crippen LogP contribution is 2.47. The smallest absolute Gasteiger partial charge is 0.408 e. The Bertz CT molecular complexity index is 1750. The lowest BCUT2D eigenvalue weighted by molar-refractivity contribution is -0.142. The van der Waals surface area contributed by atoms with Crippen LogP contribution in [0, 0.1) is 11.3 Å². The van der Waals surface area contributed by atoms with Crippen LogP contribution in [0.3, 0.4) is 0 Å². The Morgan fingerprint density at radius 2 is 1.84 bits per heavy atom. The molecular formula is C35H49N5O9S. The molecule has 0 radical (unpaired) electrons. The van der Waals surface area contributed by atoms with E-state index in [1.807, 2.05) is 18.2 Å². The number of amides is 3. The summed E-state index contributed by atoms with van der Waals surface area (Å²) in [4.78, 5) is 47.4. The number of hydrogen-bond donors (Lipinski definition) is 4. The number of ether oxygens (including phenoxy) is 3. The fourth-order valence-electron chi connectivity index (χ4n) is 6.37. The molecule has 6 atom stereocenters. The van der Waals surface area contributed by atoms with Crippen LogP contribution in [-0.2, 0) is 24.3 Å². The molecule has 14 nitrogen and oxygen atoms in total. The van der Waals surface area contributed by atoms with E-state index in [1.54, 1.807) is 59.9 Å². The van der Waals surface area contributed by atoms with Crippen molar-refractivity contribution in [3.8, 4) is 11.6 Å². The van der Waals surface area contributed by atoms with Crippen LogP contribution in [0.5, 0.6) is 11.6 Å². The maximum Gasteiger partial charge on any atom is 0.408 e. The Kier molecular flexibility index (Phi) is 10.2. The minimum Gasteiger partial charge on any atom is -0.496 e. The van der Waals surface area contributed by atoms with Crippen LogP contribution in [0.15, 0.2) is 43.1 Å². The van der Waals surface area contributed by atoms with E-state index in [4.69, 9.17) is 14.2 Å². The SMILES string of the molecule is C=CC1C[C@]1(NC(=O)[C@@H]1CC(Oc2nccc3cccc(OC)c23)CN1C(=O)C(NC(=O)OC(C)(C)C)C(C)(C)C)C(O)NS(=O)(=O)C1CC1. The predicted molar refractivity (Wildman–Crippen MR) is 186 cm³/mol. The molecule has 1 aliphatic heterocycles. The third-order valence-corrected chi connectivity index (χ3v) is 11.2. The lowest BCUT2D eigenvalue weighted by atomic mass is 9.85. The van der Waals surface area contributed by atoms with Crippen LogP contribution in [0.25, 0.3) is 10.8 Å². The highest BCUT2D eigenvalue weighted by molar-refractivity contribution is 7.90. The molecule has 4 N–H and O–H groups in total. The zero-order valence-electron chi connectivity index (χ0n) is 29.7. The zero-order valence-corrected chi connectivity index (χ0v) is 30.5. The van der Waals surface area contributed by atoms with Gasteiger partial charge in [-0.3, -0.25) is 9.59 Å². The third kappa shape index (κ3) is 8.00. The number of nitrogens with one attached hydrogen (secondary N) is 3. The maximum atomic E-state index is 14.5. The third-order valence-electron chi connectivity index (χ3n) is 9.27. The second-order valence-corrected chi connectivity index (χ2v) is 17.4. The van der Waals surface area contributed by atoms with Crippen molar-refractivity contribution in [1.82, 2.24) is 25.2 Å². The van der Waals surface area contributed by atoms with Crippen molar-refractivity contribution in [2.45, 2.75) is 108 Å². The number of likely N-dealkylation sites (tertiary alicyclic amines) is 1. The van der Waals surface area contributed by atoms with Gasteiger partial charge in [0.2, 0.25) is 27.7 Å². The summed E-state index contributed by atoms with van der Waals surface area (Å²) in [7, 11) is -2.26. The van der Waals surface area contributed by atoms with Crippen molar-refractivity contribution in [1.29, 1.82) is 0 Å². The highest BCUT2D eigenvalue weighted by atomic mass is 32.2. The van der Waals surface area contributed by atoms with Crippen molar-refractivity contribution < 1.29 is 42.1 Å². The topological polar surface area (TPSA) is 185 Å². The van der Waals surface area contributed by atoms with E-state index in [2.05, 4.69) is 26.9 Å². The Labute approximate surface area is 293 Å². The molecule has 2 heterocycles. The largest absolute Gasteiger partial charge is 0.496 e. The lowest BCUT2D eigenvalue weighted by Gasteiger charge is -2.36. The molecule has 1 aromatic heterocycles. The van der Waals surface area contributed by atoms with E-state index in [1.165, 1.54) is 12.0 Å². The first-order chi connectivity index (χ1) is 23.3. The standard InChI is InChI=1S/C35H49N5O9S/c1-9-21-18-35(21,31(43)39-50(45,46)23-13-14-23)38-28(41)24-17-22(48-29-26-20(15-16-36-29)11-10-12-25(26)47-8)19-40(24)30(42)27(33(2,3)4)37-32(44)49-34(5,6)7/h9-12,15-16,21-24,27,31,39,43H,1,13-14,17-19H2,2-8H3,(H,37,44)(H,38,41)/t21?,22?,24-,27?,31?,35+/m0/s1. The fourth-order valence-corrected chi connectivity index (χ4v) is 7.84. The molecule has 50 heavy (non-hydrogen) atoms. The number of rotatable bonds is 12. The Balaban J connectivity index is 1.46. The first-order valence-electron chi connectivity index (χ1n) is 16.8. The molecule has 4 unspecified atom stereocenters. The van der Waals surface area contributed by atoms with Crippen LogP contribution >= 0.6 is 0 Å². The van der Waals surface area contributed by atoms with E-state index in [0.29, 0.717) is 24.0 Å². The number of nitrogens with zero attached hydrogens (tertiary/aromatic N) is 2. The molecule has 3 fully saturated rings. The number of benzene rings is 1. The van der Waals surface area contributed by atoms with Gasteiger partial charge in [-0.05, 0) is 63.0 Å². The summed E-state index contributed by atoms with van der Waals surface area (Å²) in [6, 6.07) is 5.10. The van der Waals surface area contributed by atoms with Gasteiger partial charge in [-0.1, -0.05) is 39.0 Å². The monoisotopic (exact) mass is 715 g/mol. The lowest BCUT2D eigenvalue weighted by Crippen LogP contribution is -2.61. The number of sulfonamides is 1. The molecule has 3 aliphatic rings.